The SMILES string of the molecule is CCC(C)N1C(=O)CC(Nc2cc(C)ccc2F)C1=O. The molecule has 1 aromatic rings. The molecule has 0 radical (unpaired) electrons. The van der Waals surface area contributed by atoms with E-state index in [0.717, 1.165) is 5.56 Å². The molecule has 2 amide bonds. The minimum Gasteiger partial charge on any atom is -0.371 e. The summed E-state index contributed by atoms with van der Waals surface area (Å²) in [6.45, 7) is 5.61. The maximum absolute atomic E-state index is 13.7. The number of aryl methyl sites for hydroxylation is 1. The number of nitrogens with zero attached hydrogens (tertiary/aromatic N) is 1. The second-order valence-corrected chi connectivity index (χ2v) is 5.24. The molecule has 0 bridgehead atoms. The number of rotatable bonds is 4. The molecule has 2 unspecified atom stereocenters. The number of anilines is 1. The standard InChI is InChI=1S/C15H19FN2O2/c1-4-10(3)18-14(19)8-13(15(18)20)17-12-7-9(2)5-6-11(12)16/h5-7,10,13,17H,4,8H2,1-3H3. The Morgan fingerprint density at radius 1 is 1.45 bits per heavy atom. The van der Waals surface area contributed by atoms with Crippen LogP contribution in [0.15, 0.2) is 18.2 Å². The quantitative estimate of drug-likeness (QED) is 0.861. The topological polar surface area (TPSA) is 49.4 Å². The van der Waals surface area contributed by atoms with Crippen LogP contribution in [0, 0.1) is 12.7 Å². The molecule has 1 fully saturated rings. The van der Waals surface area contributed by atoms with Crippen molar-refractivity contribution in [2.45, 2.75) is 45.7 Å². The number of benzene rings is 1. The number of amides is 2. The summed E-state index contributed by atoms with van der Waals surface area (Å²) in [5.74, 6) is -0.891. The molecule has 1 heterocycles. The summed E-state index contributed by atoms with van der Waals surface area (Å²) in [7, 11) is 0. The number of hydrogen-bond acceptors (Lipinski definition) is 3. The van der Waals surface area contributed by atoms with Crippen LogP contribution in [-0.4, -0.2) is 28.8 Å². The maximum Gasteiger partial charge on any atom is 0.252 e. The number of carbonyl (C=O) groups excluding carboxylic acids is 2. The van der Waals surface area contributed by atoms with Gasteiger partial charge in [0.2, 0.25) is 5.91 Å². The molecule has 0 aromatic heterocycles. The van der Waals surface area contributed by atoms with E-state index in [1.165, 1.54) is 11.0 Å². The summed E-state index contributed by atoms with van der Waals surface area (Å²) in [6.07, 6.45) is 0.791. The highest BCUT2D eigenvalue weighted by atomic mass is 19.1. The monoisotopic (exact) mass is 278 g/mol. The average Bonchev–Trinajstić information content (AvgIpc) is 2.68. The molecule has 0 spiro atoms. The highest BCUT2D eigenvalue weighted by Gasteiger charge is 2.40. The molecular weight excluding hydrogens is 259 g/mol. The third kappa shape index (κ3) is 2.66. The van der Waals surface area contributed by atoms with Crippen molar-refractivity contribution in [1.82, 2.24) is 4.90 Å². The van der Waals surface area contributed by atoms with Crippen LogP contribution in [0.2, 0.25) is 0 Å². The van der Waals surface area contributed by atoms with Gasteiger partial charge in [-0.15, -0.1) is 0 Å². The van der Waals surface area contributed by atoms with Crippen LogP contribution in [0.25, 0.3) is 0 Å². The van der Waals surface area contributed by atoms with Gasteiger partial charge in [0.15, 0.2) is 0 Å². The Morgan fingerprint density at radius 2 is 2.15 bits per heavy atom. The van der Waals surface area contributed by atoms with Crippen LogP contribution in [-0.2, 0) is 9.59 Å². The van der Waals surface area contributed by atoms with E-state index in [9.17, 15) is 14.0 Å². The van der Waals surface area contributed by atoms with E-state index < -0.39 is 11.9 Å². The fourth-order valence-corrected chi connectivity index (χ4v) is 2.35. The van der Waals surface area contributed by atoms with Crippen molar-refractivity contribution in [1.29, 1.82) is 0 Å². The normalized spacial score (nSPS) is 20.4. The predicted octanol–water partition coefficient (Wildman–Crippen LogP) is 2.47. The zero-order chi connectivity index (χ0) is 14.9. The molecule has 108 valence electrons. The third-order valence-electron chi connectivity index (χ3n) is 3.67. The van der Waals surface area contributed by atoms with E-state index in [-0.39, 0.29) is 30.0 Å². The van der Waals surface area contributed by atoms with Gasteiger partial charge in [-0.3, -0.25) is 14.5 Å². The lowest BCUT2D eigenvalue weighted by Gasteiger charge is -2.22. The van der Waals surface area contributed by atoms with E-state index in [0.29, 0.717) is 6.42 Å². The highest BCUT2D eigenvalue weighted by molar-refractivity contribution is 6.07. The molecule has 0 saturated carbocycles. The Labute approximate surface area is 118 Å². The Hall–Kier alpha value is -1.91. The molecule has 1 saturated heterocycles. The fourth-order valence-electron chi connectivity index (χ4n) is 2.35. The molecule has 1 aromatic carbocycles. The van der Waals surface area contributed by atoms with Crippen molar-refractivity contribution >= 4 is 17.5 Å². The van der Waals surface area contributed by atoms with Gasteiger partial charge >= 0.3 is 0 Å². The van der Waals surface area contributed by atoms with Crippen molar-refractivity contribution in [2.24, 2.45) is 0 Å². The lowest BCUT2D eigenvalue weighted by molar-refractivity contribution is -0.140. The molecule has 4 nitrogen and oxygen atoms in total. The van der Waals surface area contributed by atoms with Crippen molar-refractivity contribution < 1.29 is 14.0 Å². The van der Waals surface area contributed by atoms with E-state index in [1.54, 1.807) is 12.1 Å². The zero-order valence-corrected chi connectivity index (χ0v) is 11.9. The second kappa shape index (κ2) is 5.61. The van der Waals surface area contributed by atoms with Crippen LogP contribution in [0.5, 0.6) is 0 Å². The van der Waals surface area contributed by atoms with Crippen LogP contribution >= 0.6 is 0 Å². The number of nitrogens with one attached hydrogen (secondary N) is 1. The Bertz CT molecular complexity index is 545. The van der Waals surface area contributed by atoms with Crippen LogP contribution in [0.3, 0.4) is 0 Å². The van der Waals surface area contributed by atoms with Gasteiger partial charge in [0.05, 0.1) is 12.1 Å². The molecule has 2 atom stereocenters. The number of halogens is 1. The minimum atomic E-state index is -0.673. The van der Waals surface area contributed by atoms with Gasteiger partial charge in [0.25, 0.3) is 5.91 Å². The van der Waals surface area contributed by atoms with Gasteiger partial charge in [-0.05, 0) is 38.0 Å². The summed E-state index contributed by atoms with van der Waals surface area (Å²) in [5.41, 5.74) is 1.16. The number of likely N-dealkylation sites (tertiary alicyclic amines) is 1. The molecule has 1 aliphatic rings. The van der Waals surface area contributed by atoms with Crippen LogP contribution in [0.4, 0.5) is 10.1 Å². The minimum absolute atomic E-state index is 0.0799. The van der Waals surface area contributed by atoms with Gasteiger partial charge in [0, 0.05) is 6.04 Å². The van der Waals surface area contributed by atoms with E-state index in [1.807, 2.05) is 20.8 Å². The van der Waals surface area contributed by atoms with E-state index in [2.05, 4.69) is 5.32 Å². The lowest BCUT2D eigenvalue weighted by atomic mass is 10.1. The fraction of sp³-hybridized carbons (Fsp3) is 0.467. The van der Waals surface area contributed by atoms with E-state index in [4.69, 9.17) is 0 Å². The molecule has 0 aliphatic carbocycles. The molecular formula is C15H19FN2O2. The molecule has 2 rings (SSSR count). The van der Waals surface area contributed by atoms with Crippen LogP contribution in [0.1, 0.15) is 32.3 Å². The first-order valence-electron chi connectivity index (χ1n) is 6.82. The Balaban J connectivity index is 2.17. The zero-order valence-electron chi connectivity index (χ0n) is 11.9. The van der Waals surface area contributed by atoms with Gasteiger partial charge in [0.1, 0.15) is 11.9 Å². The highest BCUT2D eigenvalue weighted by Crippen LogP contribution is 2.23. The van der Waals surface area contributed by atoms with Gasteiger partial charge in [-0.25, -0.2) is 4.39 Å². The summed E-state index contributed by atoms with van der Waals surface area (Å²) in [4.78, 5) is 25.4. The van der Waals surface area contributed by atoms with Crippen molar-refractivity contribution in [3.05, 3.63) is 29.6 Å². The largest absolute Gasteiger partial charge is 0.371 e. The van der Waals surface area contributed by atoms with Gasteiger partial charge in [-0.2, -0.15) is 0 Å². The summed E-state index contributed by atoms with van der Waals surface area (Å²) >= 11 is 0. The number of carbonyl (C=O) groups is 2. The predicted molar refractivity (Wildman–Crippen MR) is 74.8 cm³/mol. The Morgan fingerprint density at radius 3 is 2.80 bits per heavy atom. The summed E-state index contributed by atoms with van der Waals surface area (Å²) in [5, 5.41) is 2.85. The first kappa shape index (κ1) is 14.5. The van der Waals surface area contributed by atoms with Crippen LogP contribution < -0.4 is 5.32 Å². The number of hydrogen-bond donors (Lipinski definition) is 1. The van der Waals surface area contributed by atoms with Gasteiger partial charge < -0.3 is 5.32 Å². The summed E-state index contributed by atoms with van der Waals surface area (Å²) in [6, 6.07) is 3.86. The van der Waals surface area contributed by atoms with E-state index >= 15 is 0 Å². The maximum atomic E-state index is 13.7. The Kier molecular flexibility index (Phi) is 4.06. The van der Waals surface area contributed by atoms with Crippen molar-refractivity contribution in [2.75, 3.05) is 5.32 Å². The van der Waals surface area contributed by atoms with Gasteiger partial charge in [-0.1, -0.05) is 13.0 Å². The molecule has 5 heteroatoms. The summed E-state index contributed by atoms with van der Waals surface area (Å²) < 4.78 is 13.7. The average molecular weight is 278 g/mol. The molecule has 1 aliphatic heterocycles. The van der Waals surface area contributed by atoms with Crippen molar-refractivity contribution in [3.8, 4) is 0 Å². The number of imide groups is 1. The van der Waals surface area contributed by atoms with Crippen molar-refractivity contribution in [3.63, 3.8) is 0 Å². The third-order valence-corrected chi connectivity index (χ3v) is 3.67. The molecule has 20 heavy (non-hydrogen) atoms. The molecule has 1 N–H and O–H groups in total. The smallest absolute Gasteiger partial charge is 0.252 e. The first-order valence-corrected chi connectivity index (χ1v) is 6.82. The lowest BCUT2D eigenvalue weighted by Crippen LogP contribution is -2.40. The first-order chi connectivity index (χ1) is 9.43. The second-order valence-electron chi connectivity index (χ2n) is 5.24.